The highest BCUT2D eigenvalue weighted by atomic mass is 16.5. The molecule has 69 valence electrons. The van der Waals surface area contributed by atoms with Crippen molar-refractivity contribution in [3.8, 4) is 0 Å². The lowest BCUT2D eigenvalue weighted by atomic mass is 10.1. The van der Waals surface area contributed by atoms with E-state index in [1.54, 1.807) is 0 Å². The molecule has 1 aliphatic rings. The van der Waals surface area contributed by atoms with E-state index in [-0.39, 0.29) is 0 Å². The summed E-state index contributed by atoms with van der Waals surface area (Å²) in [6.45, 7) is 1.75. The predicted molar refractivity (Wildman–Crippen MR) is 52.7 cm³/mol. The van der Waals surface area contributed by atoms with E-state index in [4.69, 9.17) is 4.74 Å². The van der Waals surface area contributed by atoms with Crippen molar-refractivity contribution >= 4 is 5.69 Å². The molecule has 1 radical (unpaired) electrons. The molecular formula is C11H14NO. The van der Waals surface area contributed by atoms with Gasteiger partial charge in [0, 0.05) is 18.3 Å². The molecule has 0 amide bonds. The molecule has 13 heavy (non-hydrogen) atoms. The zero-order chi connectivity index (χ0) is 8.93. The number of rotatable bonds is 2. The van der Waals surface area contributed by atoms with Crippen molar-refractivity contribution in [1.82, 2.24) is 0 Å². The Morgan fingerprint density at radius 2 is 2.23 bits per heavy atom. The Hall–Kier alpha value is -1.02. The molecule has 1 saturated heterocycles. The van der Waals surface area contributed by atoms with Crippen LogP contribution >= 0.6 is 0 Å². The van der Waals surface area contributed by atoms with Crippen LogP contribution in [0.3, 0.4) is 0 Å². The fraction of sp³-hybridized carbons (Fsp3) is 0.455. The first-order chi connectivity index (χ1) is 6.45. The van der Waals surface area contributed by atoms with Crippen LogP contribution < -0.4 is 5.32 Å². The van der Waals surface area contributed by atoms with Gasteiger partial charge in [0.2, 0.25) is 0 Å². The third kappa shape index (κ3) is 2.46. The largest absolute Gasteiger partial charge is 0.380 e. The molecule has 1 aromatic rings. The van der Waals surface area contributed by atoms with Crippen molar-refractivity contribution in [2.24, 2.45) is 0 Å². The Morgan fingerprint density at radius 1 is 1.38 bits per heavy atom. The lowest BCUT2D eigenvalue weighted by Gasteiger charge is -2.23. The first-order valence-electron chi connectivity index (χ1n) is 4.75. The summed E-state index contributed by atoms with van der Waals surface area (Å²) in [7, 11) is 0. The summed E-state index contributed by atoms with van der Waals surface area (Å²) < 4.78 is 5.38. The summed E-state index contributed by atoms with van der Waals surface area (Å²) in [4.78, 5) is 0. The zero-order valence-corrected chi connectivity index (χ0v) is 7.62. The molecule has 0 aliphatic carbocycles. The molecule has 0 bridgehead atoms. The van der Waals surface area contributed by atoms with Crippen molar-refractivity contribution < 1.29 is 4.74 Å². The van der Waals surface area contributed by atoms with Gasteiger partial charge in [0.05, 0.1) is 6.61 Å². The van der Waals surface area contributed by atoms with Gasteiger partial charge in [-0.1, -0.05) is 12.1 Å². The molecule has 0 saturated carbocycles. The monoisotopic (exact) mass is 176 g/mol. The summed E-state index contributed by atoms with van der Waals surface area (Å²) in [5, 5.41) is 3.44. The van der Waals surface area contributed by atoms with Crippen molar-refractivity contribution in [3.05, 3.63) is 30.3 Å². The SMILES string of the molecule is [c]1ccc(NC2CCCOC2)cc1. The van der Waals surface area contributed by atoms with Gasteiger partial charge in [0.25, 0.3) is 0 Å². The number of ether oxygens (including phenoxy) is 1. The molecule has 1 heterocycles. The second kappa shape index (κ2) is 4.28. The van der Waals surface area contributed by atoms with Gasteiger partial charge in [-0.2, -0.15) is 0 Å². The quantitative estimate of drug-likeness (QED) is 0.745. The first kappa shape index (κ1) is 8.57. The highest BCUT2D eigenvalue weighted by Crippen LogP contribution is 2.13. The Balaban J connectivity index is 1.90. The standard InChI is InChI=1S/C11H14NO/c1-2-5-10(6-3-1)12-11-7-4-8-13-9-11/h2-3,5-6,11-12H,4,7-9H2. The van der Waals surface area contributed by atoms with Gasteiger partial charge < -0.3 is 10.1 Å². The second-order valence-corrected chi connectivity index (χ2v) is 3.35. The third-order valence-electron chi connectivity index (χ3n) is 2.25. The molecule has 0 aromatic heterocycles. The lowest BCUT2D eigenvalue weighted by molar-refractivity contribution is 0.0876. The summed E-state index contributed by atoms with van der Waals surface area (Å²) in [6.07, 6.45) is 2.37. The van der Waals surface area contributed by atoms with Crippen LogP contribution in [-0.2, 0) is 4.74 Å². The Morgan fingerprint density at radius 3 is 2.92 bits per heavy atom. The summed E-state index contributed by atoms with van der Waals surface area (Å²) >= 11 is 0. The second-order valence-electron chi connectivity index (χ2n) is 3.35. The minimum atomic E-state index is 0.483. The third-order valence-corrected chi connectivity index (χ3v) is 2.25. The highest BCUT2D eigenvalue weighted by Gasteiger charge is 2.12. The number of nitrogens with one attached hydrogen (secondary N) is 1. The molecule has 2 heteroatoms. The van der Waals surface area contributed by atoms with Crippen LogP contribution in [0, 0.1) is 6.07 Å². The number of anilines is 1. The molecule has 0 spiro atoms. The average molecular weight is 176 g/mol. The maximum Gasteiger partial charge on any atom is 0.0667 e. The normalized spacial score (nSPS) is 22.6. The average Bonchev–Trinajstić information content (AvgIpc) is 2.21. The fourth-order valence-electron chi connectivity index (χ4n) is 1.57. The first-order valence-corrected chi connectivity index (χ1v) is 4.75. The van der Waals surface area contributed by atoms with Gasteiger partial charge in [0.1, 0.15) is 0 Å². The van der Waals surface area contributed by atoms with Crippen molar-refractivity contribution in [3.63, 3.8) is 0 Å². The Bertz CT molecular complexity index is 242. The van der Waals surface area contributed by atoms with E-state index >= 15 is 0 Å². The van der Waals surface area contributed by atoms with E-state index in [1.165, 1.54) is 6.42 Å². The molecule has 2 rings (SSSR count). The van der Waals surface area contributed by atoms with Gasteiger partial charge in [-0.05, 0) is 31.0 Å². The van der Waals surface area contributed by atoms with E-state index < -0.39 is 0 Å². The van der Waals surface area contributed by atoms with E-state index in [2.05, 4.69) is 11.4 Å². The van der Waals surface area contributed by atoms with Crippen LogP contribution in [0.1, 0.15) is 12.8 Å². The molecule has 1 N–H and O–H groups in total. The smallest absolute Gasteiger partial charge is 0.0667 e. The van der Waals surface area contributed by atoms with Gasteiger partial charge in [-0.3, -0.25) is 0 Å². The minimum Gasteiger partial charge on any atom is -0.380 e. The van der Waals surface area contributed by atoms with E-state index in [0.717, 1.165) is 25.3 Å². The molecule has 2 nitrogen and oxygen atoms in total. The maximum atomic E-state index is 5.38. The van der Waals surface area contributed by atoms with Crippen molar-refractivity contribution in [1.29, 1.82) is 0 Å². The lowest BCUT2D eigenvalue weighted by Crippen LogP contribution is -2.29. The number of hydrogen-bond acceptors (Lipinski definition) is 2. The maximum absolute atomic E-state index is 5.38. The van der Waals surface area contributed by atoms with Crippen LogP contribution in [0.2, 0.25) is 0 Å². The van der Waals surface area contributed by atoms with Crippen molar-refractivity contribution in [2.45, 2.75) is 18.9 Å². The van der Waals surface area contributed by atoms with Gasteiger partial charge in [-0.25, -0.2) is 0 Å². The van der Waals surface area contributed by atoms with E-state index in [9.17, 15) is 0 Å². The highest BCUT2D eigenvalue weighted by molar-refractivity contribution is 5.43. The Labute approximate surface area is 78.9 Å². The van der Waals surface area contributed by atoms with Gasteiger partial charge in [-0.15, -0.1) is 0 Å². The molecule has 1 fully saturated rings. The van der Waals surface area contributed by atoms with Gasteiger partial charge >= 0.3 is 0 Å². The molecule has 1 atom stereocenters. The van der Waals surface area contributed by atoms with E-state index in [0.29, 0.717) is 6.04 Å². The molecule has 1 aromatic carbocycles. The zero-order valence-electron chi connectivity index (χ0n) is 7.62. The number of benzene rings is 1. The minimum absolute atomic E-state index is 0.483. The van der Waals surface area contributed by atoms with Crippen LogP contribution in [0.4, 0.5) is 5.69 Å². The topological polar surface area (TPSA) is 21.3 Å². The van der Waals surface area contributed by atoms with E-state index in [1.807, 2.05) is 24.3 Å². The summed E-state index contributed by atoms with van der Waals surface area (Å²) in [5.74, 6) is 0. The number of hydrogen-bond donors (Lipinski definition) is 1. The van der Waals surface area contributed by atoms with Crippen LogP contribution in [-0.4, -0.2) is 19.3 Å². The predicted octanol–water partition coefficient (Wildman–Crippen LogP) is 2.08. The van der Waals surface area contributed by atoms with Crippen LogP contribution in [0.15, 0.2) is 24.3 Å². The fourth-order valence-corrected chi connectivity index (χ4v) is 1.57. The molecule has 1 aliphatic heterocycles. The van der Waals surface area contributed by atoms with Gasteiger partial charge in [0.15, 0.2) is 0 Å². The molecular weight excluding hydrogens is 162 g/mol. The molecule has 1 unspecified atom stereocenters. The van der Waals surface area contributed by atoms with Crippen molar-refractivity contribution in [2.75, 3.05) is 18.5 Å². The van der Waals surface area contributed by atoms with Crippen LogP contribution in [0.5, 0.6) is 0 Å². The Kier molecular flexibility index (Phi) is 2.82. The summed E-state index contributed by atoms with van der Waals surface area (Å²) in [6, 6.07) is 11.4. The van der Waals surface area contributed by atoms with Crippen LogP contribution in [0.25, 0.3) is 0 Å². The summed E-state index contributed by atoms with van der Waals surface area (Å²) in [5.41, 5.74) is 1.16.